The first kappa shape index (κ1) is 32.2. The number of hydrogen-bond acceptors (Lipinski definition) is 4. The van der Waals surface area contributed by atoms with E-state index in [1.165, 1.54) is 36.8 Å². The molecule has 0 saturated heterocycles. The zero-order valence-electron chi connectivity index (χ0n) is 24.9. The molecule has 5 rings (SSSR count). The number of nitrogens with one attached hydrogen (secondary N) is 3. The maximum Gasteiger partial charge on any atom is 0.416 e. The van der Waals surface area contributed by atoms with Gasteiger partial charge in [-0.15, -0.1) is 0 Å². The Hall–Kier alpha value is -3.21. The maximum absolute atomic E-state index is 13.4. The van der Waals surface area contributed by atoms with Crippen LogP contribution in [0.25, 0.3) is 0 Å². The largest absolute Gasteiger partial charge is 0.416 e. The van der Waals surface area contributed by atoms with Crippen molar-refractivity contribution >= 4 is 15.9 Å². The van der Waals surface area contributed by atoms with Gasteiger partial charge >= 0.3 is 6.18 Å². The third-order valence-electron chi connectivity index (χ3n) is 8.81. The minimum atomic E-state index is -4.69. The van der Waals surface area contributed by atoms with Crippen LogP contribution < -0.4 is 15.4 Å². The number of amides is 1. The molecule has 3 aromatic rings. The summed E-state index contributed by atoms with van der Waals surface area (Å²) in [6.07, 6.45) is 2.80. The number of benzene rings is 3. The lowest BCUT2D eigenvalue weighted by molar-refractivity contribution is -0.137. The Morgan fingerprint density at radius 3 is 2.39 bits per heavy atom. The van der Waals surface area contributed by atoms with Gasteiger partial charge < -0.3 is 10.6 Å². The van der Waals surface area contributed by atoms with Crippen LogP contribution in [0.4, 0.5) is 13.2 Å². The molecular weight excluding hydrogens is 587 g/mol. The minimum absolute atomic E-state index is 0.205. The van der Waals surface area contributed by atoms with Gasteiger partial charge in [0.25, 0.3) is 0 Å². The highest BCUT2D eigenvalue weighted by Crippen LogP contribution is 2.34. The smallest absolute Gasteiger partial charge is 0.349 e. The van der Waals surface area contributed by atoms with Crippen molar-refractivity contribution in [1.29, 1.82) is 0 Å². The summed E-state index contributed by atoms with van der Waals surface area (Å²) >= 11 is 0. The van der Waals surface area contributed by atoms with Crippen LogP contribution in [0, 0.1) is 0 Å². The standard InChI is InChI=1S/C34H40F3N3O3S/c1-23(22-38-28-13-5-6-14-28)25-17-18-30-26(19-25)11-7-16-31(30)39-33(41)21-32(24-9-3-2-4-10-24)40-44(42,43)29-15-8-12-27(20-29)34(35,36)37/h2-4,8-10,12,15,17-20,23,28,31-32,38,40H,5-7,11,13-14,16,21-22H2,1H3,(H,39,41)/t23?,31-,32-/m1/s1. The summed E-state index contributed by atoms with van der Waals surface area (Å²) in [5.41, 5.74) is 3.04. The van der Waals surface area contributed by atoms with Crippen molar-refractivity contribution < 1.29 is 26.4 Å². The number of rotatable bonds is 11. The van der Waals surface area contributed by atoms with Gasteiger partial charge in [0.15, 0.2) is 0 Å². The Bertz CT molecular complexity index is 1540. The van der Waals surface area contributed by atoms with Crippen LogP contribution >= 0.6 is 0 Å². The van der Waals surface area contributed by atoms with Crippen molar-refractivity contribution in [3.63, 3.8) is 0 Å². The second-order valence-corrected chi connectivity index (χ2v) is 13.8. The SMILES string of the molecule is CC(CNC1CCCC1)c1ccc2c(c1)CCC[C@H]2NC(=O)C[C@@H](NS(=O)(=O)c1cccc(C(F)(F)F)c1)c1ccccc1. The summed E-state index contributed by atoms with van der Waals surface area (Å²) < 4.78 is 68.7. The zero-order chi connectivity index (χ0) is 31.3. The van der Waals surface area contributed by atoms with E-state index in [4.69, 9.17) is 0 Å². The van der Waals surface area contributed by atoms with Gasteiger partial charge in [0.1, 0.15) is 0 Å². The van der Waals surface area contributed by atoms with Crippen molar-refractivity contribution in [2.75, 3.05) is 6.54 Å². The van der Waals surface area contributed by atoms with Crippen LogP contribution in [0.15, 0.2) is 77.7 Å². The number of sulfonamides is 1. The molecule has 44 heavy (non-hydrogen) atoms. The van der Waals surface area contributed by atoms with Gasteiger partial charge in [-0.3, -0.25) is 4.79 Å². The topological polar surface area (TPSA) is 87.3 Å². The normalized spacial score (nSPS) is 18.9. The summed E-state index contributed by atoms with van der Waals surface area (Å²) in [6.45, 7) is 3.16. The maximum atomic E-state index is 13.4. The number of carbonyl (C=O) groups is 1. The fourth-order valence-corrected chi connectivity index (χ4v) is 7.60. The van der Waals surface area contributed by atoms with Crippen molar-refractivity contribution in [1.82, 2.24) is 15.4 Å². The molecular formula is C34H40F3N3O3S. The second kappa shape index (κ2) is 13.8. The van der Waals surface area contributed by atoms with Crippen LogP contribution in [0.5, 0.6) is 0 Å². The summed E-state index contributed by atoms with van der Waals surface area (Å²) in [7, 11) is -4.38. The lowest BCUT2D eigenvalue weighted by Gasteiger charge is -2.29. The summed E-state index contributed by atoms with van der Waals surface area (Å²) in [5.74, 6) is 0.0222. The average Bonchev–Trinajstić information content (AvgIpc) is 3.53. The van der Waals surface area contributed by atoms with Gasteiger partial charge in [-0.25, -0.2) is 13.1 Å². The van der Waals surface area contributed by atoms with E-state index in [0.717, 1.165) is 49.6 Å². The molecule has 6 nitrogen and oxygen atoms in total. The first-order valence-corrected chi connectivity index (χ1v) is 16.9. The molecule has 0 aliphatic heterocycles. The molecule has 2 aliphatic carbocycles. The molecule has 0 radical (unpaired) electrons. The average molecular weight is 628 g/mol. The van der Waals surface area contributed by atoms with E-state index in [0.29, 0.717) is 23.6 Å². The summed E-state index contributed by atoms with van der Waals surface area (Å²) in [5, 5.41) is 6.81. The van der Waals surface area contributed by atoms with Crippen LogP contribution in [-0.4, -0.2) is 26.9 Å². The highest BCUT2D eigenvalue weighted by Gasteiger charge is 2.33. The molecule has 1 amide bonds. The van der Waals surface area contributed by atoms with Gasteiger partial charge in [0.2, 0.25) is 15.9 Å². The van der Waals surface area contributed by atoms with Crippen molar-refractivity contribution in [3.8, 4) is 0 Å². The molecule has 1 fully saturated rings. The van der Waals surface area contributed by atoms with E-state index < -0.39 is 32.7 Å². The second-order valence-electron chi connectivity index (χ2n) is 12.1. The van der Waals surface area contributed by atoms with Crippen molar-refractivity contribution in [2.45, 2.75) is 93.4 Å². The molecule has 0 heterocycles. The fourth-order valence-electron chi connectivity index (χ4n) is 6.33. The van der Waals surface area contributed by atoms with E-state index in [9.17, 15) is 26.4 Å². The van der Waals surface area contributed by atoms with Crippen LogP contribution in [0.2, 0.25) is 0 Å². The van der Waals surface area contributed by atoms with E-state index in [-0.39, 0.29) is 18.4 Å². The van der Waals surface area contributed by atoms with Crippen molar-refractivity contribution in [3.05, 3.63) is 101 Å². The number of halogens is 3. The van der Waals surface area contributed by atoms with Crippen LogP contribution in [-0.2, 0) is 27.4 Å². The zero-order valence-corrected chi connectivity index (χ0v) is 25.7. The number of carbonyl (C=O) groups excluding carboxylic acids is 1. The molecule has 236 valence electrons. The Balaban J connectivity index is 1.28. The Morgan fingerprint density at radius 2 is 1.66 bits per heavy atom. The highest BCUT2D eigenvalue weighted by molar-refractivity contribution is 7.89. The Morgan fingerprint density at radius 1 is 0.909 bits per heavy atom. The molecule has 0 bridgehead atoms. The van der Waals surface area contributed by atoms with E-state index in [1.54, 1.807) is 30.3 Å². The molecule has 0 spiro atoms. The lowest BCUT2D eigenvalue weighted by Crippen LogP contribution is -2.36. The summed E-state index contributed by atoms with van der Waals surface area (Å²) in [6, 6.07) is 18.1. The van der Waals surface area contributed by atoms with Gasteiger partial charge in [-0.1, -0.05) is 74.4 Å². The van der Waals surface area contributed by atoms with Crippen LogP contribution in [0.3, 0.4) is 0 Å². The predicted octanol–water partition coefficient (Wildman–Crippen LogP) is 6.94. The molecule has 0 aromatic heterocycles. The van der Waals surface area contributed by atoms with Gasteiger partial charge in [-0.2, -0.15) is 13.2 Å². The van der Waals surface area contributed by atoms with Gasteiger partial charge in [-0.05, 0) is 78.5 Å². The monoisotopic (exact) mass is 627 g/mol. The van der Waals surface area contributed by atoms with Gasteiger partial charge in [0, 0.05) is 19.0 Å². The minimum Gasteiger partial charge on any atom is -0.349 e. The summed E-state index contributed by atoms with van der Waals surface area (Å²) in [4.78, 5) is 12.9. The molecule has 2 aliphatic rings. The third-order valence-corrected chi connectivity index (χ3v) is 10.3. The number of hydrogen-bond donors (Lipinski definition) is 3. The fraction of sp³-hybridized carbons (Fsp3) is 0.441. The lowest BCUT2D eigenvalue weighted by atomic mass is 9.84. The quantitative estimate of drug-likeness (QED) is 0.215. The first-order chi connectivity index (χ1) is 21.0. The molecule has 3 atom stereocenters. The van der Waals surface area contributed by atoms with E-state index in [2.05, 4.69) is 40.5 Å². The van der Waals surface area contributed by atoms with E-state index in [1.807, 2.05) is 0 Å². The number of aryl methyl sites for hydroxylation is 1. The molecule has 1 unspecified atom stereocenters. The van der Waals surface area contributed by atoms with E-state index >= 15 is 0 Å². The number of alkyl halides is 3. The molecule has 3 aromatic carbocycles. The first-order valence-electron chi connectivity index (χ1n) is 15.4. The Kier molecular flexibility index (Phi) is 10.1. The van der Waals surface area contributed by atoms with Gasteiger partial charge in [0.05, 0.1) is 22.5 Å². The molecule has 1 saturated carbocycles. The molecule has 10 heteroatoms. The van der Waals surface area contributed by atoms with Crippen LogP contribution in [0.1, 0.15) is 97.7 Å². The molecule has 3 N–H and O–H groups in total. The highest BCUT2D eigenvalue weighted by atomic mass is 32.2. The van der Waals surface area contributed by atoms with Crippen molar-refractivity contribution in [2.24, 2.45) is 0 Å². The third kappa shape index (κ3) is 8.08. The number of fused-ring (bicyclic) bond motifs is 1. The predicted molar refractivity (Wildman–Crippen MR) is 165 cm³/mol. The Labute approximate surface area is 257 Å².